The molecule has 2 N–H and O–H groups in total. The van der Waals surface area contributed by atoms with Crippen LogP contribution < -0.4 is 0 Å². The van der Waals surface area contributed by atoms with Crippen molar-refractivity contribution in [2.45, 2.75) is 46.8 Å². The Morgan fingerprint density at radius 3 is 1.46 bits per heavy atom. The van der Waals surface area contributed by atoms with Gasteiger partial charge in [-0.25, -0.2) is 0 Å². The summed E-state index contributed by atoms with van der Waals surface area (Å²) in [6, 6.07) is 0. The van der Waals surface area contributed by atoms with Gasteiger partial charge in [0.1, 0.15) is 0 Å². The first kappa shape index (κ1) is 28.6. The first-order valence-electron chi connectivity index (χ1n) is 8.47. The topological polar surface area (TPSA) is 46.9 Å². The van der Waals surface area contributed by atoms with Gasteiger partial charge >= 0.3 is 17.1 Å². The minimum absolute atomic E-state index is 0. The van der Waals surface area contributed by atoms with Gasteiger partial charge < -0.3 is 20.0 Å². The van der Waals surface area contributed by atoms with Crippen molar-refractivity contribution in [3.8, 4) is 0 Å². The number of hydrogen-bond acceptors (Lipinski definition) is 4. The van der Waals surface area contributed by atoms with Crippen LogP contribution in [0.3, 0.4) is 0 Å². The standard InChI is InChI=1S/C9H14.2C5H13NO.Cu/c1-7-4-5-8(2)9(3)6-7;2*1-5(7)4-6(2)3;/h4-8H,1-3H3;2*5,7H,4H2,1-3H3;/q;;;+2. The summed E-state index contributed by atoms with van der Waals surface area (Å²) in [6.07, 6.45) is 6.47. The molecule has 1 aliphatic carbocycles. The molecule has 147 valence electrons. The smallest absolute Gasteiger partial charge is 0.392 e. The minimum atomic E-state index is -0.199. The maximum Gasteiger partial charge on any atom is 2.00 e. The molecule has 0 aromatic rings. The molecule has 4 nitrogen and oxygen atoms in total. The SMILES string of the molecule is CC(O)CN(C)C.CC(O)CN(C)C.CC1=CC(C)C=CC1C.[Cu+2]. The van der Waals surface area contributed by atoms with Crippen molar-refractivity contribution in [3.05, 3.63) is 23.8 Å². The van der Waals surface area contributed by atoms with Crippen molar-refractivity contribution in [2.75, 3.05) is 41.3 Å². The molecule has 0 aromatic heterocycles. The van der Waals surface area contributed by atoms with Crippen LogP contribution >= 0.6 is 0 Å². The third-order valence-corrected chi connectivity index (χ3v) is 3.21. The van der Waals surface area contributed by atoms with E-state index in [9.17, 15) is 0 Å². The van der Waals surface area contributed by atoms with E-state index in [1.54, 1.807) is 13.8 Å². The predicted molar refractivity (Wildman–Crippen MR) is 102 cm³/mol. The van der Waals surface area contributed by atoms with Crippen LogP contribution in [0.5, 0.6) is 0 Å². The van der Waals surface area contributed by atoms with Crippen molar-refractivity contribution in [2.24, 2.45) is 11.8 Å². The zero-order valence-electron chi connectivity index (χ0n) is 17.0. The molecule has 0 aliphatic heterocycles. The van der Waals surface area contributed by atoms with Gasteiger partial charge in [-0.1, -0.05) is 37.6 Å². The van der Waals surface area contributed by atoms with E-state index in [-0.39, 0.29) is 29.3 Å². The third kappa shape index (κ3) is 21.8. The summed E-state index contributed by atoms with van der Waals surface area (Å²) in [7, 11) is 7.75. The van der Waals surface area contributed by atoms with E-state index < -0.39 is 0 Å². The summed E-state index contributed by atoms with van der Waals surface area (Å²) in [5.74, 6) is 1.32. The summed E-state index contributed by atoms with van der Waals surface area (Å²) in [5, 5.41) is 17.4. The van der Waals surface area contributed by atoms with E-state index in [0.717, 1.165) is 13.1 Å². The van der Waals surface area contributed by atoms with E-state index in [1.807, 2.05) is 38.0 Å². The van der Waals surface area contributed by atoms with E-state index in [1.165, 1.54) is 5.57 Å². The van der Waals surface area contributed by atoms with Gasteiger partial charge in [-0.2, -0.15) is 0 Å². The number of nitrogens with zero attached hydrogens (tertiary/aromatic N) is 2. The van der Waals surface area contributed by atoms with Crippen molar-refractivity contribution >= 4 is 0 Å². The van der Waals surface area contributed by atoms with Crippen molar-refractivity contribution in [1.29, 1.82) is 0 Å². The van der Waals surface area contributed by atoms with Crippen LogP contribution in [0.25, 0.3) is 0 Å². The van der Waals surface area contributed by atoms with E-state index in [2.05, 4.69) is 39.0 Å². The molecule has 1 rings (SSSR count). The van der Waals surface area contributed by atoms with Crippen LogP contribution in [0.4, 0.5) is 0 Å². The van der Waals surface area contributed by atoms with Gasteiger partial charge in [-0.05, 0) is 60.8 Å². The van der Waals surface area contributed by atoms with Gasteiger partial charge in [0.15, 0.2) is 0 Å². The molecule has 0 saturated carbocycles. The van der Waals surface area contributed by atoms with Crippen LogP contribution in [-0.2, 0) is 17.1 Å². The Kier molecular flexibility index (Phi) is 19.5. The molecule has 1 radical (unpaired) electrons. The van der Waals surface area contributed by atoms with Gasteiger partial charge in [0.05, 0.1) is 12.2 Å². The van der Waals surface area contributed by atoms with E-state index in [4.69, 9.17) is 10.2 Å². The van der Waals surface area contributed by atoms with Crippen molar-refractivity contribution < 1.29 is 27.3 Å². The van der Waals surface area contributed by atoms with E-state index >= 15 is 0 Å². The molecule has 1 aliphatic rings. The zero-order valence-corrected chi connectivity index (χ0v) is 18.0. The number of likely N-dealkylation sites (N-methyl/N-ethyl adjacent to an activating group) is 2. The number of aliphatic hydroxyl groups is 2. The fourth-order valence-corrected chi connectivity index (χ4v) is 2.17. The maximum atomic E-state index is 8.68. The van der Waals surface area contributed by atoms with Gasteiger partial charge in [-0.3, -0.25) is 0 Å². The molecule has 4 atom stereocenters. The van der Waals surface area contributed by atoms with Gasteiger partial charge in [0.2, 0.25) is 0 Å². The summed E-state index contributed by atoms with van der Waals surface area (Å²) in [6.45, 7) is 11.7. The van der Waals surface area contributed by atoms with Crippen LogP contribution in [0.15, 0.2) is 23.8 Å². The monoisotopic (exact) mass is 391 g/mol. The van der Waals surface area contributed by atoms with Gasteiger partial charge in [0, 0.05) is 13.1 Å². The molecular formula is C19H40CuN2O2+2. The number of aliphatic hydroxyl groups excluding tert-OH is 2. The summed E-state index contributed by atoms with van der Waals surface area (Å²) < 4.78 is 0. The Hall–Kier alpha value is -0.161. The second-order valence-corrected chi connectivity index (χ2v) is 7.17. The van der Waals surface area contributed by atoms with Gasteiger partial charge in [0.25, 0.3) is 0 Å². The Bertz CT molecular complexity index is 314. The van der Waals surface area contributed by atoms with Crippen LogP contribution in [-0.4, -0.2) is 73.5 Å². The Morgan fingerprint density at radius 1 is 0.917 bits per heavy atom. The van der Waals surface area contributed by atoms with Crippen LogP contribution in [0.2, 0.25) is 0 Å². The number of rotatable bonds is 4. The first-order chi connectivity index (χ1) is 10.5. The fourth-order valence-electron chi connectivity index (χ4n) is 2.17. The molecule has 0 fully saturated rings. The number of allylic oxidation sites excluding steroid dienone is 4. The Morgan fingerprint density at radius 2 is 1.29 bits per heavy atom. The quantitative estimate of drug-likeness (QED) is 0.571. The molecule has 5 heteroatoms. The predicted octanol–water partition coefficient (Wildman–Crippen LogP) is 2.63. The Labute approximate surface area is 161 Å². The molecule has 0 heterocycles. The molecule has 0 saturated heterocycles. The van der Waals surface area contributed by atoms with Crippen LogP contribution in [0, 0.1) is 11.8 Å². The molecule has 0 amide bonds. The van der Waals surface area contributed by atoms with Crippen LogP contribution in [0.1, 0.15) is 34.6 Å². The molecule has 0 aromatic carbocycles. The zero-order chi connectivity index (χ0) is 18.6. The molecule has 4 unspecified atom stereocenters. The normalized spacial score (nSPS) is 21.6. The third-order valence-electron chi connectivity index (χ3n) is 3.21. The maximum absolute atomic E-state index is 8.68. The average molecular weight is 392 g/mol. The molecule has 0 bridgehead atoms. The average Bonchev–Trinajstić information content (AvgIpc) is 2.32. The Balaban J connectivity index is -0.000000274. The molecular weight excluding hydrogens is 352 g/mol. The van der Waals surface area contributed by atoms with Crippen molar-refractivity contribution in [3.63, 3.8) is 0 Å². The van der Waals surface area contributed by atoms with Gasteiger partial charge in [-0.15, -0.1) is 0 Å². The molecule has 0 spiro atoms. The second-order valence-electron chi connectivity index (χ2n) is 7.17. The first-order valence-corrected chi connectivity index (χ1v) is 8.47. The minimum Gasteiger partial charge on any atom is -0.392 e. The summed E-state index contributed by atoms with van der Waals surface area (Å²) in [4.78, 5) is 3.90. The summed E-state index contributed by atoms with van der Waals surface area (Å²) in [5.41, 5.74) is 1.50. The van der Waals surface area contributed by atoms with Crippen molar-refractivity contribution in [1.82, 2.24) is 9.80 Å². The number of hydrogen-bond donors (Lipinski definition) is 2. The molecule has 24 heavy (non-hydrogen) atoms. The fraction of sp³-hybridized carbons (Fsp3) is 0.789. The summed E-state index contributed by atoms with van der Waals surface area (Å²) >= 11 is 0. The largest absolute Gasteiger partial charge is 2.00 e. The van der Waals surface area contributed by atoms with E-state index in [0.29, 0.717) is 11.8 Å². The second kappa shape index (κ2) is 16.3.